The summed E-state index contributed by atoms with van der Waals surface area (Å²) < 4.78 is 7.25. The minimum absolute atomic E-state index is 0.578. The molecule has 3 aromatic rings. The summed E-state index contributed by atoms with van der Waals surface area (Å²) in [6.07, 6.45) is 4.23. The molecule has 1 unspecified atom stereocenters. The van der Waals surface area contributed by atoms with Crippen LogP contribution in [0.15, 0.2) is 28.9 Å². The van der Waals surface area contributed by atoms with E-state index in [1.54, 1.807) is 6.20 Å². The molecule has 7 heteroatoms. The summed E-state index contributed by atoms with van der Waals surface area (Å²) >= 11 is 0. The van der Waals surface area contributed by atoms with Gasteiger partial charge in [-0.1, -0.05) is 5.16 Å². The third kappa shape index (κ3) is 3.19. The Morgan fingerprint density at radius 2 is 2.16 bits per heavy atom. The fourth-order valence-corrected chi connectivity index (χ4v) is 3.34. The lowest BCUT2D eigenvalue weighted by Crippen LogP contribution is -2.26. The van der Waals surface area contributed by atoms with Gasteiger partial charge in [0.05, 0.1) is 12.2 Å². The SMILES string of the molecule is Cc1cc(C)n(-c2ccc(-c3noc(CN4CCCC4C)n3)cn2)n1. The summed E-state index contributed by atoms with van der Waals surface area (Å²) in [5.74, 6) is 2.02. The predicted molar refractivity (Wildman–Crippen MR) is 93.2 cm³/mol. The molecule has 25 heavy (non-hydrogen) atoms. The van der Waals surface area contributed by atoms with E-state index in [9.17, 15) is 0 Å². The lowest BCUT2D eigenvalue weighted by atomic mass is 10.2. The second-order valence-electron chi connectivity index (χ2n) is 6.72. The van der Waals surface area contributed by atoms with Gasteiger partial charge in [-0.25, -0.2) is 9.67 Å². The number of hydrogen-bond donors (Lipinski definition) is 0. The van der Waals surface area contributed by atoms with Gasteiger partial charge in [-0.05, 0) is 58.4 Å². The van der Waals surface area contributed by atoms with E-state index in [-0.39, 0.29) is 0 Å². The minimum atomic E-state index is 0.578. The van der Waals surface area contributed by atoms with Gasteiger partial charge >= 0.3 is 0 Å². The molecule has 1 aliphatic heterocycles. The zero-order valence-electron chi connectivity index (χ0n) is 14.8. The average molecular weight is 338 g/mol. The molecule has 0 saturated carbocycles. The van der Waals surface area contributed by atoms with E-state index >= 15 is 0 Å². The second kappa shape index (κ2) is 6.40. The van der Waals surface area contributed by atoms with E-state index in [4.69, 9.17) is 4.52 Å². The Morgan fingerprint density at radius 1 is 1.28 bits per heavy atom. The second-order valence-corrected chi connectivity index (χ2v) is 6.72. The number of likely N-dealkylation sites (tertiary alicyclic amines) is 1. The number of hydrogen-bond acceptors (Lipinski definition) is 6. The summed E-state index contributed by atoms with van der Waals surface area (Å²) in [4.78, 5) is 11.4. The summed E-state index contributed by atoms with van der Waals surface area (Å²) in [7, 11) is 0. The predicted octanol–water partition coefficient (Wildman–Crippen LogP) is 2.92. The molecular formula is C18H22N6O. The molecule has 1 saturated heterocycles. The Morgan fingerprint density at radius 3 is 2.80 bits per heavy atom. The van der Waals surface area contributed by atoms with E-state index in [1.807, 2.05) is 36.7 Å². The lowest BCUT2D eigenvalue weighted by molar-refractivity contribution is 0.221. The molecule has 0 radical (unpaired) electrons. The third-order valence-electron chi connectivity index (χ3n) is 4.73. The van der Waals surface area contributed by atoms with Crippen LogP contribution in [-0.4, -0.2) is 42.4 Å². The maximum atomic E-state index is 5.42. The van der Waals surface area contributed by atoms with Gasteiger partial charge in [0.25, 0.3) is 0 Å². The van der Waals surface area contributed by atoms with E-state index in [0.29, 0.717) is 24.3 Å². The van der Waals surface area contributed by atoms with Gasteiger partial charge < -0.3 is 4.52 Å². The largest absolute Gasteiger partial charge is 0.338 e. The van der Waals surface area contributed by atoms with Crippen molar-refractivity contribution in [1.29, 1.82) is 0 Å². The first-order chi connectivity index (χ1) is 12.1. The molecule has 4 heterocycles. The lowest BCUT2D eigenvalue weighted by Gasteiger charge is -2.17. The van der Waals surface area contributed by atoms with Crippen LogP contribution in [0.2, 0.25) is 0 Å². The minimum Gasteiger partial charge on any atom is -0.338 e. The Hall–Kier alpha value is -2.54. The van der Waals surface area contributed by atoms with E-state index in [0.717, 1.165) is 29.3 Å². The Labute approximate surface area is 146 Å². The zero-order chi connectivity index (χ0) is 17.4. The molecule has 1 fully saturated rings. The zero-order valence-corrected chi connectivity index (χ0v) is 14.8. The van der Waals surface area contributed by atoms with Crippen LogP contribution in [0.25, 0.3) is 17.2 Å². The van der Waals surface area contributed by atoms with E-state index < -0.39 is 0 Å². The molecule has 0 aromatic carbocycles. The molecule has 4 rings (SSSR count). The fraction of sp³-hybridized carbons (Fsp3) is 0.444. The maximum Gasteiger partial charge on any atom is 0.241 e. The van der Waals surface area contributed by atoms with Crippen molar-refractivity contribution in [2.75, 3.05) is 6.54 Å². The highest BCUT2D eigenvalue weighted by molar-refractivity contribution is 5.53. The van der Waals surface area contributed by atoms with Crippen molar-refractivity contribution >= 4 is 0 Å². The number of aryl methyl sites for hydroxylation is 2. The van der Waals surface area contributed by atoms with Crippen molar-refractivity contribution < 1.29 is 4.52 Å². The summed E-state index contributed by atoms with van der Waals surface area (Å²) in [6.45, 7) is 8.04. The van der Waals surface area contributed by atoms with Gasteiger partial charge in [0.1, 0.15) is 0 Å². The van der Waals surface area contributed by atoms with Crippen molar-refractivity contribution in [3.8, 4) is 17.2 Å². The molecule has 0 aliphatic carbocycles. The van der Waals surface area contributed by atoms with Gasteiger partial charge in [-0.3, -0.25) is 4.90 Å². The molecule has 0 amide bonds. The third-order valence-corrected chi connectivity index (χ3v) is 4.73. The van der Waals surface area contributed by atoms with Crippen LogP contribution >= 0.6 is 0 Å². The van der Waals surface area contributed by atoms with Crippen molar-refractivity contribution in [1.82, 2.24) is 29.8 Å². The molecule has 130 valence electrons. The van der Waals surface area contributed by atoms with Gasteiger partial charge in [-0.2, -0.15) is 10.1 Å². The van der Waals surface area contributed by atoms with Crippen LogP contribution in [0.1, 0.15) is 37.0 Å². The topological polar surface area (TPSA) is 72.9 Å². The highest BCUT2D eigenvalue weighted by atomic mass is 16.5. The summed E-state index contributed by atoms with van der Waals surface area (Å²) in [6, 6.07) is 6.48. The smallest absolute Gasteiger partial charge is 0.241 e. The monoisotopic (exact) mass is 338 g/mol. The summed E-state index contributed by atoms with van der Waals surface area (Å²) in [5.41, 5.74) is 2.87. The Balaban J connectivity index is 1.51. The summed E-state index contributed by atoms with van der Waals surface area (Å²) in [5, 5.41) is 8.55. The van der Waals surface area contributed by atoms with Crippen LogP contribution in [0.4, 0.5) is 0 Å². The molecule has 0 bridgehead atoms. The maximum absolute atomic E-state index is 5.42. The van der Waals surface area contributed by atoms with Crippen molar-refractivity contribution in [2.45, 2.75) is 46.2 Å². The molecule has 1 aliphatic rings. The first-order valence-electron chi connectivity index (χ1n) is 8.67. The van der Waals surface area contributed by atoms with Crippen molar-refractivity contribution in [3.05, 3.63) is 41.7 Å². The quantitative estimate of drug-likeness (QED) is 0.728. The molecule has 3 aromatic heterocycles. The standard InChI is InChI=1S/C18H22N6O/c1-12-9-14(3)24(21-12)16-7-6-15(10-19-16)18-20-17(25-22-18)11-23-8-4-5-13(23)2/h6-7,9-10,13H,4-5,8,11H2,1-3H3. The van der Waals surface area contributed by atoms with E-state index in [1.165, 1.54) is 12.8 Å². The van der Waals surface area contributed by atoms with Gasteiger partial charge in [0.2, 0.25) is 11.7 Å². The highest BCUT2D eigenvalue weighted by Gasteiger charge is 2.22. The van der Waals surface area contributed by atoms with Gasteiger partial charge in [0, 0.05) is 23.5 Å². The van der Waals surface area contributed by atoms with Gasteiger partial charge in [-0.15, -0.1) is 0 Å². The average Bonchev–Trinajstić information content (AvgIpc) is 3.30. The van der Waals surface area contributed by atoms with Crippen LogP contribution in [0.3, 0.4) is 0 Å². The van der Waals surface area contributed by atoms with Crippen molar-refractivity contribution in [3.63, 3.8) is 0 Å². The number of rotatable bonds is 4. The molecule has 0 spiro atoms. The van der Waals surface area contributed by atoms with Crippen LogP contribution in [-0.2, 0) is 6.54 Å². The highest BCUT2D eigenvalue weighted by Crippen LogP contribution is 2.21. The van der Waals surface area contributed by atoms with Crippen LogP contribution < -0.4 is 0 Å². The first kappa shape index (κ1) is 16.0. The van der Waals surface area contributed by atoms with Gasteiger partial charge in [0.15, 0.2) is 5.82 Å². The Kier molecular flexibility index (Phi) is 4.09. The normalized spacial score (nSPS) is 18.1. The number of aromatic nitrogens is 5. The molecule has 1 atom stereocenters. The molecule has 7 nitrogen and oxygen atoms in total. The first-order valence-corrected chi connectivity index (χ1v) is 8.67. The number of pyridine rings is 1. The van der Waals surface area contributed by atoms with Crippen LogP contribution in [0.5, 0.6) is 0 Å². The molecular weight excluding hydrogens is 316 g/mol. The molecule has 0 N–H and O–H groups in total. The van der Waals surface area contributed by atoms with E-state index in [2.05, 4.69) is 32.0 Å². The number of nitrogens with zero attached hydrogens (tertiary/aromatic N) is 6. The van der Waals surface area contributed by atoms with Crippen LogP contribution in [0, 0.1) is 13.8 Å². The fourth-order valence-electron chi connectivity index (χ4n) is 3.34. The Bertz CT molecular complexity index is 866. The van der Waals surface area contributed by atoms with Crippen molar-refractivity contribution in [2.24, 2.45) is 0 Å².